The summed E-state index contributed by atoms with van der Waals surface area (Å²) in [5, 5.41) is 10.3. The van der Waals surface area contributed by atoms with Crippen LogP contribution in [0.3, 0.4) is 0 Å². The number of carbonyl (C=O) groups excluding carboxylic acids is 1. The minimum absolute atomic E-state index is 0.0256. The molecule has 0 radical (unpaired) electrons. The molecule has 2 bridgehead atoms. The maximum absolute atomic E-state index is 12.7. The maximum atomic E-state index is 12.7. The highest BCUT2D eigenvalue weighted by Gasteiger charge is 2.39. The number of fused-ring (bicyclic) bond motifs is 6. The van der Waals surface area contributed by atoms with E-state index in [0.29, 0.717) is 5.92 Å². The molecule has 0 saturated carbocycles. The number of hydrogen-bond acceptors (Lipinski definition) is 2. The van der Waals surface area contributed by atoms with Crippen molar-refractivity contribution in [2.75, 3.05) is 19.7 Å². The van der Waals surface area contributed by atoms with Gasteiger partial charge in [0.1, 0.15) is 0 Å². The number of H-pyrrole nitrogens is 1. The molecule has 2 atom stereocenters. The Morgan fingerprint density at radius 3 is 3.05 bits per heavy atom. The third-order valence-electron chi connectivity index (χ3n) is 5.25. The van der Waals surface area contributed by atoms with Crippen molar-refractivity contribution in [2.24, 2.45) is 5.92 Å². The molecule has 1 amide bonds. The fourth-order valence-corrected chi connectivity index (χ4v) is 4.20. The van der Waals surface area contributed by atoms with Crippen molar-refractivity contribution < 1.29 is 9.90 Å². The summed E-state index contributed by atoms with van der Waals surface area (Å²) in [5.41, 5.74) is 3.62. The van der Waals surface area contributed by atoms with Crippen molar-refractivity contribution in [2.45, 2.75) is 31.6 Å². The van der Waals surface area contributed by atoms with Gasteiger partial charge in [-0.15, -0.1) is 0 Å². The van der Waals surface area contributed by atoms with Crippen LogP contribution >= 0.6 is 0 Å². The average Bonchev–Trinajstić information content (AvgIpc) is 2.88. The summed E-state index contributed by atoms with van der Waals surface area (Å²) in [6.45, 7) is 1.92. The van der Waals surface area contributed by atoms with Gasteiger partial charge < -0.3 is 15.0 Å². The molecule has 2 N–H and O–H groups in total. The zero-order valence-corrected chi connectivity index (χ0v) is 12.7. The van der Waals surface area contributed by atoms with Gasteiger partial charge in [-0.25, -0.2) is 0 Å². The third kappa shape index (κ3) is 2.13. The first-order valence-corrected chi connectivity index (χ1v) is 8.27. The SMILES string of the molecule is O=C1[C@@H]2C[C@@H](CCCO)CN1CCc1c2[nH]c2ccccc12. The van der Waals surface area contributed by atoms with Gasteiger partial charge in [-0.2, -0.15) is 0 Å². The second-order valence-corrected chi connectivity index (χ2v) is 6.62. The van der Waals surface area contributed by atoms with Crippen LogP contribution in [0.1, 0.15) is 36.4 Å². The Morgan fingerprint density at radius 1 is 1.32 bits per heavy atom. The molecule has 2 aromatic rings. The van der Waals surface area contributed by atoms with Gasteiger partial charge in [0.15, 0.2) is 0 Å². The summed E-state index contributed by atoms with van der Waals surface area (Å²) in [7, 11) is 0. The fourth-order valence-electron chi connectivity index (χ4n) is 4.20. The number of amides is 1. The minimum atomic E-state index is -0.0256. The molecule has 1 aromatic carbocycles. The highest BCUT2D eigenvalue weighted by atomic mass is 16.2. The zero-order valence-electron chi connectivity index (χ0n) is 12.7. The van der Waals surface area contributed by atoms with Gasteiger partial charge in [0.05, 0.1) is 5.92 Å². The number of nitrogens with one attached hydrogen (secondary N) is 1. The predicted molar refractivity (Wildman–Crippen MR) is 85.8 cm³/mol. The van der Waals surface area contributed by atoms with Gasteiger partial charge in [0, 0.05) is 36.3 Å². The van der Waals surface area contributed by atoms with E-state index in [0.717, 1.165) is 50.0 Å². The molecule has 1 fully saturated rings. The predicted octanol–water partition coefficient (Wildman–Crippen LogP) is 2.43. The molecule has 3 heterocycles. The van der Waals surface area contributed by atoms with Crippen LogP contribution in [-0.4, -0.2) is 40.6 Å². The number of piperidine rings is 1. The van der Waals surface area contributed by atoms with E-state index in [-0.39, 0.29) is 18.4 Å². The van der Waals surface area contributed by atoms with E-state index in [2.05, 4.69) is 23.2 Å². The minimum Gasteiger partial charge on any atom is -0.396 e. The summed E-state index contributed by atoms with van der Waals surface area (Å²) in [6.07, 6.45) is 3.69. The molecule has 4 rings (SSSR count). The molecule has 22 heavy (non-hydrogen) atoms. The van der Waals surface area contributed by atoms with E-state index in [1.807, 2.05) is 11.0 Å². The monoisotopic (exact) mass is 298 g/mol. The molecule has 0 spiro atoms. The maximum Gasteiger partial charge on any atom is 0.231 e. The van der Waals surface area contributed by atoms with Crippen LogP contribution in [0, 0.1) is 5.92 Å². The highest BCUT2D eigenvalue weighted by Crippen LogP contribution is 2.39. The lowest BCUT2D eigenvalue weighted by Gasteiger charge is -2.35. The van der Waals surface area contributed by atoms with Gasteiger partial charge in [0.2, 0.25) is 5.91 Å². The highest BCUT2D eigenvalue weighted by molar-refractivity contribution is 5.91. The summed E-state index contributed by atoms with van der Waals surface area (Å²) in [4.78, 5) is 18.3. The van der Waals surface area contributed by atoms with Crippen molar-refractivity contribution in [1.82, 2.24) is 9.88 Å². The smallest absolute Gasteiger partial charge is 0.231 e. The summed E-state index contributed by atoms with van der Waals surface area (Å²) < 4.78 is 0. The number of benzene rings is 1. The first kappa shape index (κ1) is 13.8. The molecule has 0 unspecified atom stereocenters. The number of aromatic nitrogens is 1. The number of nitrogens with zero attached hydrogens (tertiary/aromatic N) is 1. The third-order valence-corrected chi connectivity index (χ3v) is 5.25. The summed E-state index contributed by atoms with van der Waals surface area (Å²) in [6, 6.07) is 8.36. The summed E-state index contributed by atoms with van der Waals surface area (Å²) >= 11 is 0. The van der Waals surface area contributed by atoms with Crippen LogP contribution in [0.5, 0.6) is 0 Å². The van der Waals surface area contributed by atoms with Crippen molar-refractivity contribution in [3.05, 3.63) is 35.5 Å². The molecule has 1 aromatic heterocycles. The largest absolute Gasteiger partial charge is 0.396 e. The van der Waals surface area contributed by atoms with Gasteiger partial charge in [-0.1, -0.05) is 18.2 Å². The van der Waals surface area contributed by atoms with Crippen LogP contribution in [0.4, 0.5) is 0 Å². The topological polar surface area (TPSA) is 56.3 Å². The van der Waals surface area contributed by atoms with E-state index in [1.54, 1.807) is 0 Å². The average molecular weight is 298 g/mol. The van der Waals surface area contributed by atoms with Crippen molar-refractivity contribution >= 4 is 16.8 Å². The lowest BCUT2D eigenvalue weighted by molar-refractivity contribution is -0.136. The molecule has 4 heteroatoms. The molecule has 2 aliphatic heterocycles. The Hall–Kier alpha value is -1.81. The van der Waals surface area contributed by atoms with E-state index in [1.165, 1.54) is 10.9 Å². The van der Waals surface area contributed by atoms with E-state index < -0.39 is 0 Å². The van der Waals surface area contributed by atoms with Gasteiger partial charge >= 0.3 is 0 Å². The van der Waals surface area contributed by atoms with Crippen molar-refractivity contribution in [3.63, 3.8) is 0 Å². The van der Waals surface area contributed by atoms with E-state index in [4.69, 9.17) is 5.11 Å². The first-order chi connectivity index (χ1) is 10.8. The number of hydrogen-bond donors (Lipinski definition) is 2. The Balaban J connectivity index is 1.74. The van der Waals surface area contributed by atoms with Gasteiger partial charge in [-0.3, -0.25) is 4.79 Å². The number of rotatable bonds is 3. The lowest BCUT2D eigenvalue weighted by atomic mass is 9.84. The quantitative estimate of drug-likeness (QED) is 0.914. The van der Waals surface area contributed by atoms with Crippen LogP contribution < -0.4 is 0 Å². The van der Waals surface area contributed by atoms with Crippen LogP contribution in [0.15, 0.2) is 24.3 Å². The Kier molecular flexibility index (Phi) is 3.41. The molecular weight excluding hydrogens is 276 g/mol. The number of carbonyl (C=O) groups is 1. The van der Waals surface area contributed by atoms with Crippen LogP contribution in [0.25, 0.3) is 10.9 Å². The standard InChI is InChI=1S/C18H22N2O2/c21-9-3-4-12-10-15-17-14(7-8-20(11-12)18(15)22)13-5-1-2-6-16(13)19-17/h1-2,5-6,12,15,19,21H,3-4,7-11H2/t12-,15-/m1/s1. The Labute approximate surface area is 130 Å². The number of aromatic amines is 1. The van der Waals surface area contributed by atoms with Gasteiger partial charge in [-0.05, 0) is 43.2 Å². The Morgan fingerprint density at radius 2 is 2.18 bits per heavy atom. The van der Waals surface area contributed by atoms with Crippen LogP contribution in [-0.2, 0) is 11.2 Å². The normalized spacial score (nSPS) is 24.4. The fraction of sp³-hybridized carbons (Fsp3) is 0.500. The van der Waals surface area contributed by atoms with Crippen molar-refractivity contribution in [1.29, 1.82) is 0 Å². The number of aliphatic hydroxyl groups is 1. The summed E-state index contributed by atoms with van der Waals surface area (Å²) in [5.74, 6) is 0.764. The molecule has 2 aliphatic rings. The molecule has 0 aliphatic carbocycles. The van der Waals surface area contributed by atoms with E-state index in [9.17, 15) is 4.79 Å². The lowest BCUT2D eigenvalue weighted by Crippen LogP contribution is -2.43. The molecule has 4 nitrogen and oxygen atoms in total. The van der Waals surface area contributed by atoms with Crippen molar-refractivity contribution in [3.8, 4) is 0 Å². The number of aliphatic hydroxyl groups excluding tert-OH is 1. The molecule has 1 saturated heterocycles. The molecule has 116 valence electrons. The second kappa shape index (κ2) is 5.43. The van der Waals surface area contributed by atoms with Gasteiger partial charge in [0.25, 0.3) is 0 Å². The first-order valence-electron chi connectivity index (χ1n) is 8.27. The molecular formula is C18H22N2O2. The van der Waals surface area contributed by atoms with Crippen LogP contribution in [0.2, 0.25) is 0 Å². The number of para-hydroxylation sites is 1. The second-order valence-electron chi connectivity index (χ2n) is 6.62. The Bertz CT molecular complexity index is 706. The zero-order chi connectivity index (χ0) is 15.1. The van der Waals surface area contributed by atoms with E-state index >= 15 is 0 Å².